The van der Waals surface area contributed by atoms with E-state index in [0.29, 0.717) is 17.1 Å². The Kier molecular flexibility index (Phi) is 5.40. The summed E-state index contributed by atoms with van der Waals surface area (Å²) in [6.45, 7) is 1.99. The first kappa shape index (κ1) is 18.4. The van der Waals surface area contributed by atoms with Gasteiger partial charge in [-0.3, -0.25) is 4.79 Å². The normalized spacial score (nSPS) is 11.7. The van der Waals surface area contributed by atoms with Gasteiger partial charge in [-0.2, -0.15) is 5.10 Å². The van der Waals surface area contributed by atoms with E-state index in [2.05, 4.69) is 10.1 Å². The highest BCUT2D eigenvalue weighted by Gasteiger charge is 2.20. The summed E-state index contributed by atoms with van der Waals surface area (Å²) in [5.41, 5.74) is 2.48. The molecule has 0 aliphatic carbocycles. The van der Waals surface area contributed by atoms with Crippen molar-refractivity contribution in [3.05, 3.63) is 66.2 Å². The molecule has 0 aliphatic rings. The third-order valence-electron chi connectivity index (χ3n) is 4.59. The number of hydrogen-bond donors (Lipinski definition) is 0. The highest BCUT2D eigenvalue weighted by atomic mass is 16.5. The molecule has 0 saturated heterocycles. The molecule has 3 rings (SSSR count). The lowest BCUT2D eigenvalue weighted by molar-refractivity contribution is 0.0742. The average molecular weight is 366 g/mol. The summed E-state index contributed by atoms with van der Waals surface area (Å²) in [7, 11) is 4.90. The molecule has 0 fully saturated rings. The Morgan fingerprint density at radius 2 is 1.78 bits per heavy atom. The van der Waals surface area contributed by atoms with Gasteiger partial charge in [0, 0.05) is 12.6 Å². The van der Waals surface area contributed by atoms with Crippen LogP contribution < -0.4 is 9.47 Å². The quantitative estimate of drug-likeness (QED) is 0.670. The Balaban J connectivity index is 1.78. The van der Waals surface area contributed by atoms with Crippen LogP contribution in [0.15, 0.2) is 55.1 Å². The lowest BCUT2D eigenvalue weighted by Crippen LogP contribution is -2.29. The van der Waals surface area contributed by atoms with E-state index in [1.807, 2.05) is 31.2 Å². The molecule has 140 valence electrons. The number of hydrogen-bond acceptors (Lipinski definition) is 5. The predicted molar refractivity (Wildman–Crippen MR) is 101 cm³/mol. The van der Waals surface area contributed by atoms with Crippen molar-refractivity contribution in [2.75, 3.05) is 21.3 Å². The van der Waals surface area contributed by atoms with Crippen molar-refractivity contribution in [2.45, 2.75) is 13.0 Å². The average Bonchev–Trinajstić information content (AvgIpc) is 3.26. The van der Waals surface area contributed by atoms with Crippen LogP contribution in [-0.4, -0.2) is 46.8 Å². The van der Waals surface area contributed by atoms with Crippen LogP contribution in [-0.2, 0) is 0 Å². The van der Waals surface area contributed by atoms with Gasteiger partial charge < -0.3 is 14.4 Å². The van der Waals surface area contributed by atoms with E-state index in [4.69, 9.17) is 9.47 Å². The number of ether oxygens (including phenoxy) is 2. The van der Waals surface area contributed by atoms with Crippen molar-refractivity contribution in [3.63, 3.8) is 0 Å². The van der Waals surface area contributed by atoms with Crippen LogP contribution in [0.4, 0.5) is 0 Å². The number of carbonyl (C=O) groups excluding carboxylic acids is 1. The summed E-state index contributed by atoms with van der Waals surface area (Å²) in [5, 5.41) is 4.11. The molecule has 3 aromatic rings. The van der Waals surface area contributed by atoms with E-state index in [1.165, 1.54) is 6.33 Å². The minimum atomic E-state index is -0.101. The van der Waals surface area contributed by atoms with Crippen LogP contribution in [0.5, 0.6) is 11.5 Å². The molecule has 0 spiro atoms. The Morgan fingerprint density at radius 1 is 1.07 bits per heavy atom. The molecule has 0 saturated carbocycles. The van der Waals surface area contributed by atoms with E-state index in [0.717, 1.165) is 11.3 Å². The van der Waals surface area contributed by atoms with E-state index in [-0.39, 0.29) is 11.9 Å². The van der Waals surface area contributed by atoms with Gasteiger partial charge >= 0.3 is 0 Å². The number of nitrogens with zero attached hydrogens (tertiary/aromatic N) is 4. The van der Waals surface area contributed by atoms with Gasteiger partial charge in [-0.25, -0.2) is 9.67 Å². The van der Waals surface area contributed by atoms with E-state index < -0.39 is 0 Å². The molecule has 1 heterocycles. The minimum absolute atomic E-state index is 0.0937. The fourth-order valence-corrected chi connectivity index (χ4v) is 2.82. The van der Waals surface area contributed by atoms with Gasteiger partial charge in [-0.1, -0.05) is 12.1 Å². The van der Waals surface area contributed by atoms with E-state index in [1.54, 1.807) is 55.4 Å². The van der Waals surface area contributed by atoms with E-state index in [9.17, 15) is 4.79 Å². The number of benzene rings is 2. The maximum atomic E-state index is 12.9. The lowest BCUT2D eigenvalue weighted by Gasteiger charge is -2.26. The molecule has 7 nitrogen and oxygen atoms in total. The number of aromatic nitrogens is 3. The SMILES string of the molecule is COc1ccc(C(=O)N(C)[C@H](C)c2ccc(-n3cncn3)cc2)cc1OC. The highest BCUT2D eigenvalue weighted by molar-refractivity contribution is 5.95. The Morgan fingerprint density at radius 3 is 2.37 bits per heavy atom. The highest BCUT2D eigenvalue weighted by Crippen LogP contribution is 2.29. The zero-order valence-corrected chi connectivity index (χ0v) is 15.8. The number of amides is 1. The van der Waals surface area contributed by atoms with Crippen molar-refractivity contribution in [1.82, 2.24) is 19.7 Å². The Hall–Kier alpha value is -3.35. The van der Waals surface area contributed by atoms with Crippen LogP contribution in [0.1, 0.15) is 28.9 Å². The summed E-state index contributed by atoms with van der Waals surface area (Å²) in [6.07, 6.45) is 3.14. The van der Waals surface area contributed by atoms with Crippen molar-refractivity contribution < 1.29 is 14.3 Å². The zero-order chi connectivity index (χ0) is 19.4. The van der Waals surface area contributed by atoms with Crippen LogP contribution >= 0.6 is 0 Å². The van der Waals surface area contributed by atoms with Crippen molar-refractivity contribution in [3.8, 4) is 17.2 Å². The molecule has 0 bridgehead atoms. The van der Waals surface area contributed by atoms with Gasteiger partial charge in [0.15, 0.2) is 11.5 Å². The summed E-state index contributed by atoms with van der Waals surface area (Å²) in [6, 6.07) is 12.9. The van der Waals surface area contributed by atoms with E-state index >= 15 is 0 Å². The number of carbonyl (C=O) groups is 1. The molecule has 7 heteroatoms. The minimum Gasteiger partial charge on any atom is -0.493 e. The van der Waals surface area contributed by atoms with Gasteiger partial charge in [-0.15, -0.1) is 0 Å². The van der Waals surface area contributed by atoms with Crippen molar-refractivity contribution >= 4 is 5.91 Å². The van der Waals surface area contributed by atoms with Crippen LogP contribution in [0.25, 0.3) is 5.69 Å². The molecule has 1 aromatic heterocycles. The Labute approximate surface area is 158 Å². The van der Waals surface area contributed by atoms with Gasteiger partial charge in [0.2, 0.25) is 0 Å². The first-order valence-electron chi connectivity index (χ1n) is 8.49. The summed E-state index contributed by atoms with van der Waals surface area (Å²) < 4.78 is 12.2. The molecule has 0 radical (unpaired) electrons. The van der Waals surface area contributed by atoms with Gasteiger partial charge in [0.05, 0.1) is 25.9 Å². The number of rotatable bonds is 6. The smallest absolute Gasteiger partial charge is 0.254 e. The third-order valence-corrected chi connectivity index (χ3v) is 4.59. The van der Waals surface area contributed by atoms with Crippen molar-refractivity contribution in [1.29, 1.82) is 0 Å². The van der Waals surface area contributed by atoms with Gasteiger partial charge in [0.1, 0.15) is 12.7 Å². The molecule has 1 atom stereocenters. The monoisotopic (exact) mass is 366 g/mol. The van der Waals surface area contributed by atoms with Gasteiger partial charge in [-0.05, 0) is 42.8 Å². The summed E-state index contributed by atoms with van der Waals surface area (Å²) >= 11 is 0. The maximum Gasteiger partial charge on any atom is 0.254 e. The number of methoxy groups -OCH3 is 2. The predicted octanol–water partition coefficient (Wildman–Crippen LogP) is 3.12. The first-order chi connectivity index (χ1) is 13.0. The van der Waals surface area contributed by atoms with Crippen LogP contribution in [0.3, 0.4) is 0 Å². The molecule has 1 amide bonds. The topological polar surface area (TPSA) is 69.5 Å². The molecule has 0 aliphatic heterocycles. The van der Waals surface area contributed by atoms with Crippen LogP contribution in [0, 0.1) is 0 Å². The second-order valence-corrected chi connectivity index (χ2v) is 6.09. The zero-order valence-electron chi connectivity index (χ0n) is 15.8. The summed E-state index contributed by atoms with van der Waals surface area (Å²) in [5.74, 6) is 1.03. The van der Waals surface area contributed by atoms with Gasteiger partial charge in [0.25, 0.3) is 5.91 Å². The van der Waals surface area contributed by atoms with Crippen LogP contribution in [0.2, 0.25) is 0 Å². The Bertz CT molecular complexity index is 907. The maximum absolute atomic E-state index is 12.9. The second kappa shape index (κ2) is 7.90. The molecule has 27 heavy (non-hydrogen) atoms. The lowest BCUT2D eigenvalue weighted by atomic mass is 10.1. The molecule has 0 unspecified atom stereocenters. The van der Waals surface area contributed by atoms with Crippen molar-refractivity contribution in [2.24, 2.45) is 0 Å². The fourth-order valence-electron chi connectivity index (χ4n) is 2.82. The third kappa shape index (κ3) is 3.76. The molecule has 0 N–H and O–H groups in total. The molecular formula is C20H22N4O3. The first-order valence-corrected chi connectivity index (χ1v) is 8.49. The molecular weight excluding hydrogens is 344 g/mol. The fraction of sp³-hybridized carbons (Fsp3) is 0.250. The summed E-state index contributed by atoms with van der Waals surface area (Å²) in [4.78, 5) is 18.5. The standard InChI is InChI=1S/C20H22N4O3/c1-14(15-5-8-17(9-6-15)24-13-21-12-22-24)23(2)20(25)16-7-10-18(26-3)19(11-16)27-4/h5-14H,1-4H3/t14-/m1/s1. The molecule has 2 aromatic carbocycles. The largest absolute Gasteiger partial charge is 0.493 e. The second-order valence-electron chi connectivity index (χ2n) is 6.09.